The third-order valence-corrected chi connectivity index (χ3v) is 8.23. The maximum Gasteiger partial charge on any atom is 0.223 e. The minimum Gasteiger partial charge on any atom is -0.341 e. The Morgan fingerprint density at radius 3 is 2.31 bits per heavy atom. The summed E-state index contributed by atoms with van der Waals surface area (Å²) in [6.07, 6.45) is 9.17. The normalized spacial score (nSPS) is 34.2. The summed E-state index contributed by atoms with van der Waals surface area (Å²) in [5.41, 5.74) is 2.50. The summed E-state index contributed by atoms with van der Waals surface area (Å²) < 4.78 is 0. The molecule has 0 unspecified atom stereocenters. The first-order chi connectivity index (χ1) is 14.1. The number of nitrogens with one attached hydrogen (secondary N) is 1. The molecule has 4 saturated carbocycles. The van der Waals surface area contributed by atoms with Gasteiger partial charge in [-0.1, -0.05) is 12.1 Å². The maximum absolute atomic E-state index is 13.2. The number of aromatic nitrogens is 2. The van der Waals surface area contributed by atoms with Crippen LogP contribution in [0.5, 0.6) is 0 Å². The van der Waals surface area contributed by atoms with E-state index < -0.39 is 0 Å². The van der Waals surface area contributed by atoms with E-state index in [2.05, 4.69) is 26.9 Å². The first kappa shape index (κ1) is 17.9. The van der Waals surface area contributed by atoms with Crippen molar-refractivity contribution in [3.8, 4) is 0 Å². The van der Waals surface area contributed by atoms with Crippen molar-refractivity contribution in [3.05, 3.63) is 30.1 Å². The second-order valence-electron chi connectivity index (χ2n) is 10.5. The fourth-order valence-corrected chi connectivity index (χ4v) is 7.39. The van der Waals surface area contributed by atoms with Crippen LogP contribution in [0.3, 0.4) is 0 Å². The van der Waals surface area contributed by atoms with Crippen molar-refractivity contribution in [1.82, 2.24) is 19.8 Å². The summed E-state index contributed by atoms with van der Waals surface area (Å²) in [7, 11) is 0. The zero-order valence-electron chi connectivity index (χ0n) is 17.3. The first-order valence-corrected chi connectivity index (χ1v) is 11.6. The molecular formula is C24H32N4O. The number of imidazole rings is 1. The Morgan fingerprint density at radius 2 is 1.66 bits per heavy atom. The van der Waals surface area contributed by atoms with Crippen LogP contribution in [0.25, 0.3) is 11.0 Å². The molecule has 1 aromatic carbocycles. The van der Waals surface area contributed by atoms with Gasteiger partial charge in [-0.2, -0.15) is 0 Å². The van der Waals surface area contributed by atoms with Crippen molar-refractivity contribution >= 4 is 16.9 Å². The van der Waals surface area contributed by atoms with E-state index in [4.69, 9.17) is 4.98 Å². The molecule has 4 aliphatic carbocycles. The molecule has 4 bridgehead atoms. The number of aromatic amines is 1. The van der Waals surface area contributed by atoms with Crippen molar-refractivity contribution in [2.24, 2.45) is 23.2 Å². The van der Waals surface area contributed by atoms with E-state index in [-0.39, 0.29) is 0 Å². The quantitative estimate of drug-likeness (QED) is 0.861. The van der Waals surface area contributed by atoms with E-state index in [1.54, 1.807) is 0 Å². The number of nitrogens with zero attached hydrogens (tertiary/aromatic N) is 3. The van der Waals surface area contributed by atoms with Gasteiger partial charge in [0.1, 0.15) is 5.82 Å². The highest BCUT2D eigenvalue weighted by Crippen LogP contribution is 2.61. The van der Waals surface area contributed by atoms with Gasteiger partial charge in [0.15, 0.2) is 0 Å². The molecule has 1 N–H and O–H groups in total. The Labute approximate surface area is 172 Å². The number of benzene rings is 1. The summed E-state index contributed by atoms with van der Waals surface area (Å²) >= 11 is 0. The van der Waals surface area contributed by atoms with Crippen LogP contribution in [0, 0.1) is 23.2 Å². The summed E-state index contributed by atoms with van der Waals surface area (Å²) in [4.78, 5) is 25.9. The van der Waals surface area contributed by atoms with Gasteiger partial charge in [-0.25, -0.2) is 4.98 Å². The number of hydrogen-bond acceptors (Lipinski definition) is 3. The Morgan fingerprint density at radius 1 is 1.00 bits per heavy atom. The average molecular weight is 393 g/mol. The molecule has 2 aromatic rings. The molecule has 1 aromatic heterocycles. The Bertz CT molecular complexity index is 842. The van der Waals surface area contributed by atoms with Crippen molar-refractivity contribution in [2.75, 3.05) is 26.2 Å². The number of H-pyrrole nitrogens is 1. The molecule has 2 heterocycles. The van der Waals surface area contributed by atoms with E-state index in [1.807, 2.05) is 12.1 Å². The summed E-state index contributed by atoms with van der Waals surface area (Å²) in [6, 6.07) is 8.20. The van der Waals surface area contributed by atoms with Crippen molar-refractivity contribution in [3.63, 3.8) is 0 Å². The zero-order valence-corrected chi connectivity index (χ0v) is 17.3. The highest BCUT2D eigenvalue weighted by atomic mass is 16.2. The van der Waals surface area contributed by atoms with E-state index in [0.29, 0.717) is 11.3 Å². The SMILES string of the molecule is O=C(CC12CC3CC(CC(C3)C1)C2)N1CCN(Cc2nc3ccccc3[nH]2)CC1. The van der Waals surface area contributed by atoms with E-state index >= 15 is 0 Å². The highest BCUT2D eigenvalue weighted by molar-refractivity contribution is 5.77. The van der Waals surface area contributed by atoms with Crippen LogP contribution < -0.4 is 0 Å². The van der Waals surface area contributed by atoms with Gasteiger partial charge >= 0.3 is 0 Å². The number of hydrogen-bond donors (Lipinski definition) is 1. The topological polar surface area (TPSA) is 52.2 Å². The van der Waals surface area contributed by atoms with Gasteiger partial charge in [0.2, 0.25) is 5.91 Å². The second kappa shape index (κ2) is 6.83. The van der Waals surface area contributed by atoms with Crippen LogP contribution in [-0.2, 0) is 11.3 Å². The maximum atomic E-state index is 13.2. The fraction of sp³-hybridized carbons (Fsp3) is 0.667. The molecule has 1 saturated heterocycles. The Hall–Kier alpha value is -1.88. The average Bonchev–Trinajstić information content (AvgIpc) is 3.09. The zero-order chi connectivity index (χ0) is 19.4. The van der Waals surface area contributed by atoms with Crippen molar-refractivity contribution in [2.45, 2.75) is 51.5 Å². The molecule has 5 nitrogen and oxygen atoms in total. The van der Waals surface area contributed by atoms with Gasteiger partial charge < -0.3 is 9.88 Å². The summed E-state index contributed by atoms with van der Waals surface area (Å²) in [5, 5.41) is 0. The molecule has 154 valence electrons. The highest BCUT2D eigenvalue weighted by Gasteiger charge is 2.51. The molecule has 0 radical (unpaired) electrons. The molecule has 29 heavy (non-hydrogen) atoms. The molecule has 0 spiro atoms. The molecule has 5 heteroatoms. The number of fused-ring (bicyclic) bond motifs is 1. The van der Waals surface area contributed by atoms with Crippen molar-refractivity contribution in [1.29, 1.82) is 0 Å². The van der Waals surface area contributed by atoms with Crippen LogP contribution in [0.1, 0.15) is 50.8 Å². The molecule has 7 rings (SSSR count). The lowest BCUT2D eigenvalue weighted by molar-refractivity contribution is -0.141. The lowest BCUT2D eigenvalue weighted by Gasteiger charge is -2.57. The number of para-hydroxylation sites is 2. The van der Waals surface area contributed by atoms with Gasteiger partial charge in [-0.15, -0.1) is 0 Å². The van der Waals surface area contributed by atoms with Crippen molar-refractivity contribution < 1.29 is 4.79 Å². The van der Waals surface area contributed by atoms with Crippen LogP contribution in [0.2, 0.25) is 0 Å². The van der Waals surface area contributed by atoms with Crippen LogP contribution >= 0.6 is 0 Å². The number of piperazine rings is 1. The van der Waals surface area contributed by atoms with Gasteiger partial charge in [0.25, 0.3) is 0 Å². The largest absolute Gasteiger partial charge is 0.341 e. The number of carbonyl (C=O) groups excluding carboxylic acids is 1. The second-order valence-corrected chi connectivity index (χ2v) is 10.5. The van der Waals surface area contributed by atoms with Crippen LogP contribution in [-0.4, -0.2) is 51.9 Å². The van der Waals surface area contributed by atoms with E-state index in [9.17, 15) is 4.79 Å². The predicted molar refractivity (Wildman–Crippen MR) is 113 cm³/mol. The molecule has 5 aliphatic rings. The fourth-order valence-electron chi connectivity index (χ4n) is 7.39. The van der Waals surface area contributed by atoms with Gasteiger partial charge in [0.05, 0.1) is 17.6 Å². The predicted octanol–water partition coefficient (Wildman–Crippen LogP) is 3.81. The summed E-state index contributed by atoms with van der Waals surface area (Å²) in [5.74, 6) is 4.23. The monoisotopic (exact) mass is 392 g/mol. The minimum absolute atomic E-state index is 0.358. The first-order valence-electron chi connectivity index (χ1n) is 11.6. The molecule has 5 fully saturated rings. The van der Waals surface area contributed by atoms with Gasteiger partial charge in [-0.3, -0.25) is 9.69 Å². The summed E-state index contributed by atoms with van der Waals surface area (Å²) in [6.45, 7) is 4.47. The lowest BCUT2D eigenvalue weighted by Crippen LogP contribution is -2.52. The van der Waals surface area contributed by atoms with Crippen LogP contribution in [0.15, 0.2) is 24.3 Å². The smallest absolute Gasteiger partial charge is 0.223 e. The van der Waals surface area contributed by atoms with Gasteiger partial charge in [-0.05, 0) is 73.8 Å². The Balaban J connectivity index is 1.05. The van der Waals surface area contributed by atoms with Gasteiger partial charge in [0, 0.05) is 32.6 Å². The molecule has 1 aliphatic heterocycles. The number of rotatable bonds is 4. The van der Waals surface area contributed by atoms with E-state index in [1.165, 1.54) is 38.5 Å². The third kappa shape index (κ3) is 3.37. The van der Waals surface area contributed by atoms with Crippen LogP contribution in [0.4, 0.5) is 0 Å². The number of amides is 1. The standard InChI is InChI=1S/C24H32N4O/c29-23(15-24-12-17-9-18(13-24)11-19(10-17)14-24)28-7-5-27(6-8-28)16-22-25-20-3-1-2-4-21(20)26-22/h1-4,17-19H,5-16H2,(H,25,26). The lowest BCUT2D eigenvalue weighted by atomic mass is 9.49. The third-order valence-electron chi connectivity index (χ3n) is 8.23. The molecule has 0 atom stereocenters. The minimum atomic E-state index is 0.358. The molecular weight excluding hydrogens is 360 g/mol. The number of carbonyl (C=O) groups is 1. The Kier molecular flexibility index (Phi) is 4.22. The van der Waals surface area contributed by atoms with E-state index in [0.717, 1.165) is 73.8 Å². The molecule has 1 amide bonds.